The van der Waals surface area contributed by atoms with Crippen LogP contribution < -0.4 is 5.48 Å². The van der Waals surface area contributed by atoms with Gasteiger partial charge >= 0.3 is 5.97 Å². The molecule has 1 rings (SSSR count). The number of ether oxygens (including phenoxy) is 1. The molecule has 2 N–H and O–H groups in total. The van der Waals surface area contributed by atoms with E-state index in [0.717, 1.165) is 0 Å². The molecule has 0 amide bonds. The highest BCUT2D eigenvalue weighted by molar-refractivity contribution is 7.80. The highest BCUT2D eigenvalue weighted by atomic mass is 32.1. The molecule has 1 aromatic rings. The van der Waals surface area contributed by atoms with Gasteiger partial charge in [-0.25, -0.2) is 4.79 Å². The van der Waals surface area contributed by atoms with Gasteiger partial charge in [0.1, 0.15) is 16.2 Å². The molecule has 0 unspecified atom stereocenters. The highest BCUT2D eigenvalue weighted by Crippen LogP contribution is 2.20. The number of carbonyl (C=O) groups excluding carboxylic acids is 1. The first-order chi connectivity index (χ1) is 8.32. The summed E-state index contributed by atoms with van der Waals surface area (Å²) in [5, 5.41) is 13.1. The average Bonchev–Trinajstić information content (AvgIpc) is 2.72. The first-order valence-corrected chi connectivity index (χ1v) is 5.93. The van der Waals surface area contributed by atoms with Crippen molar-refractivity contribution >= 4 is 23.2 Å². The summed E-state index contributed by atoms with van der Waals surface area (Å²) in [5.74, 6) is -0.513. The molecule has 100 valence electrons. The van der Waals surface area contributed by atoms with E-state index in [0.29, 0.717) is 5.69 Å². The number of hydrogen-bond donors (Lipinski definition) is 2. The van der Waals surface area contributed by atoms with E-state index in [1.165, 1.54) is 6.20 Å². The van der Waals surface area contributed by atoms with Crippen molar-refractivity contribution in [2.45, 2.75) is 33.2 Å². The zero-order valence-corrected chi connectivity index (χ0v) is 11.7. The summed E-state index contributed by atoms with van der Waals surface area (Å²) in [6.07, 6.45) is 1.39. The number of aromatic nitrogens is 2. The summed E-state index contributed by atoms with van der Waals surface area (Å²) in [6, 6.07) is 0. The molecule has 0 atom stereocenters. The standard InChI is InChI=1S/C11H17N3O3S/c1-5-17-10(15)7-6-12-14(11(2,3)4)8(7)9(18)13-16/h6,16H,5H2,1-4H3,(H,13,18). The molecule has 0 radical (unpaired) electrons. The Kier molecular flexibility index (Phi) is 4.42. The molecular formula is C11H17N3O3S. The van der Waals surface area contributed by atoms with Crippen LogP contribution in [0.25, 0.3) is 0 Å². The van der Waals surface area contributed by atoms with Crippen LogP contribution in [0.4, 0.5) is 0 Å². The Balaban J connectivity index is 3.33. The average molecular weight is 271 g/mol. The first kappa shape index (κ1) is 14.6. The molecular weight excluding hydrogens is 254 g/mol. The van der Waals surface area contributed by atoms with E-state index < -0.39 is 5.97 Å². The van der Waals surface area contributed by atoms with E-state index in [1.54, 1.807) is 11.6 Å². The number of nitrogens with zero attached hydrogens (tertiary/aromatic N) is 2. The van der Waals surface area contributed by atoms with E-state index in [-0.39, 0.29) is 22.7 Å². The van der Waals surface area contributed by atoms with E-state index in [2.05, 4.69) is 5.10 Å². The maximum Gasteiger partial charge on any atom is 0.342 e. The molecule has 0 spiro atoms. The van der Waals surface area contributed by atoms with Gasteiger partial charge in [0.25, 0.3) is 0 Å². The van der Waals surface area contributed by atoms with E-state index in [9.17, 15) is 4.79 Å². The Bertz CT molecular complexity index is 463. The summed E-state index contributed by atoms with van der Waals surface area (Å²) < 4.78 is 6.50. The Morgan fingerprint density at radius 1 is 1.61 bits per heavy atom. The highest BCUT2D eigenvalue weighted by Gasteiger charge is 2.27. The second kappa shape index (κ2) is 5.45. The van der Waals surface area contributed by atoms with Gasteiger partial charge in [0.05, 0.1) is 18.3 Å². The van der Waals surface area contributed by atoms with Crippen molar-refractivity contribution in [1.82, 2.24) is 15.3 Å². The molecule has 6 nitrogen and oxygen atoms in total. The van der Waals surface area contributed by atoms with E-state index in [1.807, 2.05) is 26.3 Å². The summed E-state index contributed by atoms with van der Waals surface area (Å²) in [5.41, 5.74) is 2.09. The van der Waals surface area contributed by atoms with Gasteiger partial charge in [-0.05, 0) is 27.7 Å². The van der Waals surface area contributed by atoms with Crippen LogP contribution in [0, 0.1) is 0 Å². The molecule has 7 heteroatoms. The molecule has 0 saturated carbocycles. The lowest BCUT2D eigenvalue weighted by molar-refractivity contribution is 0.0526. The van der Waals surface area contributed by atoms with Gasteiger partial charge in [-0.15, -0.1) is 0 Å². The molecule has 0 aromatic carbocycles. The van der Waals surface area contributed by atoms with Gasteiger partial charge < -0.3 is 4.74 Å². The quantitative estimate of drug-likeness (QED) is 0.492. The zero-order chi connectivity index (χ0) is 13.9. The zero-order valence-electron chi connectivity index (χ0n) is 10.9. The van der Waals surface area contributed by atoms with Crippen LogP contribution >= 0.6 is 12.2 Å². The normalized spacial score (nSPS) is 11.2. The predicted octanol–water partition coefficient (Wildman–Crippen LogP) is 1.47. The van der Waals surface area contributed by atoms with Crippen LogP contribution in [0.15, 0.2) is 6.20 Å². The molecule has 0 bridgehead atoms. The van der Waals surface area contributed by atoms with Gasteiger partial charge in [0.2, 0.25) is 0 Å². The third kappa shape index (κ3) is 2.85. The van der Waals surface area contributed by atoms with Crippen molar-refractivity contribution in [2.75, 3.05) is 6.61 Å². The van der Waals surface area contributed by atoms with Gasteiger partial charge in [0.15, 0.2) is 0 Å². The lowest BCUT2D eigenvalue weighted by atomic mass is 10.1. The summed E-state index contributed by atoms with van der Waals surface area (Å²) >= 11 is 4.99. The largest absolute Gasteiger partial charge is 0.462 e. The van der Waals surface area contributed by atoms with Gasteiger partial charge in [-0.1, -0.05) is 12.2 Å². The number of rotatable bonds is 3. The fourth-order valence-electron chi connectivity index (χ4n) is 1.49. The molecule has 0 aliphatic rings. The van der Waals surface area contributed by atoms with Gasteiger partial charge in [-0.3, -0.25) is 15.4 Å². The van der Waals surface area contributed by atoms with Gasteiger partial charge in [-0.2, -0.15) is 5.10 Å². The van der Waals surface area contributed by atoms with Crippen molar-refractivity contribution in [2.24, 2.45) is 0 Å². The lowest BCUT2D eigenvalue weighted by Gasteiger charge is -2.22. The van der Waals surface area contributed by atoms with Crippen molar-refractivity contribution in [1.29, 1.82) is 0 Å². The summed E-state index contributed by atoms with van der Waals surface area (Å²) in [4.78, 5) is 11.8. The van der Waals surface area contributed by atoms with Crippen LogP contribution in [0.5, 0.6) is 0 Å². The molecule has 0 saturated heterocycles. The van der Waals surface area contributed by atoms with Crippen molar-refractivity contribution in [3.8, 4) is 0 Å². The minimum atomic E-state index is -0.513. The van der Waals surface area contributed by atoms with E-state index in [4.69, 9.17) is 22.2 Å². The Labute approximate surface area is 111 Å². The fraction of sp³-hybridized carbons (Fsp3) is 0.545. The molecule has 0 aliphatic heterocycles. The number of nitrogens with one attached hydrogen (secondary N) is 1. The van der Waals surface area contributed by atoms with Crippen molar-refractivity contribution < 1.29 is 14.7 Å². The SMILES string of the molecule is CCOC(=O)c1cnn(C(C)(C)C)c1C(=S)NO. The maximum absolute atomic E-state index is 11.8. The molecule has 0 aliphatic carbocycles. The van der Waals surface area contributed by atoms with Crippen molar-refractivity contribution in [3.05, 3.63) is 17.5 Å². The minimum absolute atomic E-state index is 0.0329. The lowest BCUT2D eigenvalue weighted by Crippen LogP contribution is -2.31. The molecule has 0 fully saturated rings. The molecule has 1 heterocycles. The van der Waals surface area contributed by atoms with Crippen LogP contribution in [-0.2, 0) is 10.3 Å². The first-order valence-electron chi connectivity index (χ1n) is 5.53. The minimum Gasteiger partial charge on any atom is -0.462 e. The fourth-order valence-corrected chi connectivity index (χ4v) is 1.68. The third-order valence-electron chi connectivity index (χ3n) is 2.22. The summed E-state index contributed by atoms with van der Waals surface area (Å²) in [6.45, 7) is 7.72. The Morgan fingerprint density at radius 3 is 2.67 bits per heavy atom. The van der Waals surface area contributed by atoms with Crippen LogP contribution in [0.2, 0.25) is 0 Å². The Hall–Kier alpha value is -1.47. The van der Waals surface area contributed by atoms with Crippen LogP contribution in [0.1, 0.15) is 43.7 Å². The summed E-state index contributed by atoms with van der Waals surface area (Å²) in [7, 11) is 0. The van der Waals surface area contributed by atoms with Gasteiger partial charge in [0, 0.05) is 0 Å². The van der Waals surface area contributed by atoms with E-state index >= 15 is 0 Å². The van der Waals surface area contributed by atoms with Crippen LogP contribution in [0.3, 0.4) is 0 Å². The number of esters is 1. The van der Waals surface area contributed by atoms with Crippen LogP contribution in [-0.4, -0.2) is 32.6 Å². The second-order valence-corrected chi connectivity index (χ2v) is 5.06. The predicted molar refractivity (Wildman–Crippen MR) is 69.8 cm³/mol. The Morgan fingerprint density at radius 2 is 2.22 bits per heavy atom. The second-order valence-electron chi connectivity index (χ2n) is 4.65. The topological polar surface area (TPSA) is 76.4 Å². The molecule has 1 aromatic heterocycles. The number of hydrogen-bond acceptors (Lipinski definition) is 5. The van der Waals surface area contributed by atoms with Crippen molar-refractivity contribution in [3.63, 3.8) is 0 Å². The third-order valence-corrected chi connectivity index (χ3v) is 2.50. The smallest absolute Gasteiger partial charge is 0.342 e. The number of carbonyl (C=O) groups is 1. The number of thiocarbonyl (C=S) groups is 1. The maximum atomic E-state index is 11.8. The number of hydroxylamine groups is 1. The monoisotopic (exact) mass is 271 g/mol. The molecule has 18 heavy (non-hydrogen) atoms.